The van der Waals surface area contributed by atoms with Gasteiger partial charge in [0, 0.05) is 19.1 Å². The molecule has 1 saturated carbocycles. The molecule has 18 heavy (non-hydrogen) atoms. The molecule has 0 bridgehead atoms. The lowest BCUT2D eigenvalue weighted by atomic mass is 9.80. The predicted molar refractivity (Wildman–Crippen MR) is 78.9 cm³/mol. The molecular weight excluding hydrogens is 220 g/mol. The molecule has 2 fully saturated rings. The highest BCUT2D eigenvalue weighted by Crippen LogP contribution is 2.30. The van der Waals surface area contributed by atoms with Crippen molar-refractivity contribution in [2.45, 2.75) is 64.8 Å². The zero-order valence-electron chi connectivity index (χ0n) is 12.5. The van der Waals surface area contributed by atoms with Crippen LogP contribution >= 0.6 is 0 Å². The van der Waals surface area contributed by atoms with E-state index < -0.39 is 0 Å². The molecule has 2 aliphatic rings. The fourth-order valence-corrected chi connectivity index (χ4v) is 3.78. The van der Waals surface area contributed by atoms with E-state index in [1.165, 1.54) is 71.1 Å². The maximum atomic E-state index is 3.72. The maximum absolute atomic E-state index is 3.72. The van der Waals surface area contributed by atoms with Gasteiger partial charge in [-0.2, -0.15) is 0 Å². The summed E-state index contributed by atoms with van der Waals surface area (Å²) in [5.74, 6) is 1.93. The molecule has 1 aliphatic heterocycles. The number of nitrogens with zero attached hydrogens (tertiary/aromatic N) is 1. The average molecular weight is 252 g/mol. The van der Waals surface area contributed by atoms with Crippen molar-refractivity contribution in [3.8, 4) is 0 Å². The van der Waals surface area contributed by atoms with E-state index in [9.17, 15) is 0 Å². The number of nitrogens with one attached hydrogen (secondary N) is 1. The Labute approximate surface area is 114 Å². The third-order valence-electron chi connectivity index (χ3n) is 4.98. The number of hydrogen-bond donors (Lipinski definition) is 1. The maximum Gasteiger partial charge on any atom is 0.0194 e. The summed E-state index contributed by atoms with van der Waals surface area (Å²) in [5, 5.41) is 3.72. The van der Waals surface area contributed by atoms with Crippen LogP contribution in [0.4, 0.5) is 0 Å². The van der Waals surface area contributed by atoms with E-state index in [0.717, 1.165) is 17.9 Å². The second-order valence-electron chi connectivity index (χ2n) is 6.57. The van der Waals surface area contributed by atoms with Crippen LogP contribution in [0.3, 0.4) is 0 Å². The molecule has 2 rings (SSSR count). The van der Waals surface area contributed by atoms with Gasteiger partial charge in [-0.15, -0.1) is 0 Å². The molecule has 0 aromatic heterocycles. The second-order valence-corrected chi connectivity index (χ2v) is 6.57. The van der Waals surface area contributed by atoms with Gasteiger partial charge in [-0.3, -0.25) is 0 Å². The van der Waals surface area contributed by atoms with Gasteiger partial charge in [0.2, 0.25) is 0 Å². The number of hydrogen-bond acceptors (Lipinski definition) is 2. The Bertz CT molecular complexity index is 229. The minimum atomic E-state index is 0.747. The summed E-state index contributed by atoms with van der Waals surface area (Å²) in [6.45, 7) is 9.97. The SMILES string of the molecule is CCCC1CN(CC2CCCCC2C)CCCN1. The Balaban J connectivity index is 1.82. The van der Waals surface area contributed by atoms with E-state index in [4.69, 9.17) is 0 Å². The Morgan fingerprint density at radius 3 is 2.78 bits per heavy atom. The fourth-order valence-electron chi connectivity index (χ4n) is 3.78. The molecule has 3 atom stereocenters. The van der Waals surface area contributed by atoms with E-state index in [-0.39, 0.29) is 0 Å². The molecule has 0 aromatic carbocycles. The molecule has 0 spiro atoms. The molecule has 2 nitrogen and oxygen atoms in total. The van der Waals surface area contributed by atoms with Crippen molar-refractivity contribution in [2.24, 2.45) is 11.8 Å². The lowest BCUT2D eigenvalue weighted by molar-refractivity contribution is 0.157. The summed E-state index contributed by atoms with van der Waals surface area (Å²) >= 11 is 0. The molecule has 1 heterocycles. The van der Waals surface area contributed by atoms with Gasteiger partial charge in [-0.25, -0.2) is 0 Å². The van der Waals surface area contributed by atoms with Crippen LogP contribution in [0.2, 0.25) is 0 Å². The molecule has 0 amide bonds. The van der Waals surface area contributed by atoms with Gasteiger partial charge in [-0.1, -0.05) is 39.5 Å². The molecule has 106 valence electrons. The summed E-state index contributed by atoms with van der Waals surface area (Å²) < 4.78 is 0. The smallest absolute Gasteiger partial charge is 0.0194 e. The highest BCUT2D eigenvalue weighted by Gasteiger charge is 2.25. The lowest BCUT2D eigenvalue weighted by Gasteiger charge is -2.34. The summed E-state index contributed by atoms with van der Waals surface area (Å²) in [6.07, 6.45) is 9.87. The Kier molecular flexibility index (Phi) is 5.97. The van der Waals surface area contributed by atoms with Crippen LogP contribution in [-0.2, 0) is 0 Å². The molecule has 0 radical (unpaired) electrons. The molecule has 3 unspecified atom stereocenters. The van der Waals surface area contributed by atoms with Gasteiger partial charge in [-0.05, 0) is 44.2 Å². The minimum absolute atomic E-state index is 0.747. The fraction of sp³-hybridized carbons (Fsp3) is 1.00. The topological polar surface area (TPSA) is 15.3 Å². The van der Waals surface area contributed by atoms with Gasteiger partial charge >= 0.3 is 0 Å². The molecule has 1 saturated heterocycles. The molecule has 1 N–H and O–H groups in total. The van der Waals surface area contributed by atoms with Crippen LogP contribution < -0.4 is 5.32 Å². The summed E-state index contributed by atoms with van der Waals surface area (Å²) in [4.78, 5) is 2.76. The van der Waals surface area contributed by atoms with Crippen LogP contribution in [0.15, 0.2) is 0 Å². The molecule has 1 aliphatic carbocycles. The summed E-state index contributed by atoms with van der Waals surface area (Å²) in [5.41, 5.74) is 0. The van der Waals surface area contributed by atoms with Crippen molar-refractivity contribution in [2.75, 3.05) is 26.2 Å². The lowest BCUT2D eigenvalue weighted by Crippen LogP contribution is -2.40. The Hall–Kier alpha value is -0.0800. The first-order valence-electron chi connectivity index (χ1n) is 8.25. The van der Waals surface area contributed by atoms with Gasteiger partial charge in [0.15, 0.2) is 0 Å². The highest BCUT2D eigenvalue weighted by atomic mass is 15.2. The Morgan fingerprint density at radius 2 is 2.00 bits per heavy atom. The number of rotatable bonds is 4. The standard InChI is InChI=1S/C16H32N2/c1-3-7-16-13-18(11-6-10-17-16)12-15-9-5-4-8-14(15)2/h14-17H,3-13H2,1-2H3. The normalized spacial score (nSPS) is 35.3. The minimum Gasteiger partial charge on any atom is -0.313 e. The van der Waals surface area contributed by atoms with E-state index in [1.54, 1.807) is 0 Å². The van der Waals surface area contributed by atoms with Gasteiger partial charge < -0.3 is 10.2 Å². The van der Waals surface area contributed by atoms with Crippen molar-refractivity contribution in [3.05, 3.63) is 0 Å². The third kappa shape index (κ3) is 4.24. The van der Waals surface area contributed by atoms with Crippen molar-refractivity contribution in [1.82, 2.24) is 10.2 Å². The van der Waals surface area contributed by atoms with Gasteiger partial charge in [0.05, 0.1) is 0 Å². The predicted octanol–water partition coefficient (Wildman–Crippen LogP) is 3.28. The zero-order chi connectivity index (χ0) is 12.8. The van der Waals surface area contributed by atoms with Crippen molar-refractivity contribution in [1.29, 1.82) is 0 Å². The Morgan fingerprint density at radius 1 is 1.17 bits per heavy atom. The van der Waals surface area contributed by atoms with Crippen molar-refractivity contribution >= 4 is 0 Å². The third-order valence-corrected chi connectivity index (χ3v) is 4.98. The van der Waals surface area contributed by atoms with Crippen LogP contribution in [0, 0.1) is 11.8 Å². The van der Waals surface area contributed by atoms with Gasteiger partial charge in [0.25, 0.3) is 0 Å². The first-order chi connectivity index (χ1) is 8.79. The molecule has 0 aromatic rings. The monoisotopic (exact) mass is 252 g/mol. The van der Waals surface area contributed by atoms with E-state index in [2.05, 4.69) is 24.1 Å². The quantitative estimate of drug-likeness (QED) is 0.826. The van der Waals surface area contributed by atoms with Crippen molar-refractivity contribution in [3.63, 3.8) is 0 Å². The van der Waals surface area contributed by atoms with E-state index in [1.807, 2.05) is 0 Å². The van der Waals surface area contributed by atoms with Crippen LogP contribution in [0.5, 0.6) is 0 Å². The van der Waals surface area contributed by atoms with E-state index in [0.29, 0.717) is 0 Å². The first kappa shape index (κ1) is 14.3. The molecular formula is C16H32N2. The largest absolute Gasteiger partial charge is 0.313 e. The summed E-state index contributed by atoms with van der Waals surface area (Å²) in [7, 11) is 0. The van der Waals surface area contributed by atoms with Crippen molar-refractivity contribution < 1.29 is 0 Å². The average Bonchev–Trinajstić information content (AvgIpc) is 2.58. The highest BCUT2D eigenvalue weighted by molar-refractivity contribution is 4.80. The van der Waals surface area contributed by atoms with Crippen LogP contribution in [-0.4, -0.2) is 37.1 Å². The summed E-state index contributed by atoms with van der Waals surface area (Å²) in [6, 6.07) is 0.747. The van der Waals surface area contributed by atoms with Crippen LogP contribution in [0.1, 0.15) is 58.8 Å². The van der Waals surface area contributed by atoms with E-state index >= 15 is 0 Å². The molecule has 2 heteroatoms. The first-order valence-corrected chi connectivity index (χ1v) is 8.25. The zero-order valence-corrected chi connectivity index (χ0v) is 12.5. The van der Waals surface area contributed by atoms with Gasteiger partial charge in [0.1, 0.15) is 0 Å². The van der Waals surface area contributed by atoms with Crippen LogP contribution in [0.25, 0.3) is 0 Å². The second kappa shape index (κ2) is 7.49.